The molecule has 3 heterocycles. The Kier molecular flexibility index (Phi) is 7.62. The highest BCUT2D eigenvalue weighted by Crippen LogP contribution is 2.36. The van der Waals surface area contributed by atoms with Crippen LogP contribution in [0.3, 0.4) is 0 Å². The Morgan fingerprint density at radius 2 is 1.81 bits per heavy atom. The fraction of sp³-hybridized carbons (Fsp3) is 0.368. The van der Waals surface area contributed by atoms with E-state index in [4.69, 9.17) is 4.52 Å². The summed E-state index contributed by atoms with van der Waals surface area (Å²) in [5.41, 5.74) is -0.128. The van der Waals surface area contributed by atoms with Crippen LogP contribution in [0, 0.1) is 0 Å². The third-order valence-corrected chi connectivity index (χ3v) is 6.76. The van der Waals surface area contributed by atoms with Gasteiger partial charge in [-0.15, -0.1) is 35.3 Å². The molecule has 0 spiro atoms. The molecule has 0 aliphatic heterocycles. The van der Waals surface area contributed by atoms with Crippen molar-refractivity contribution in [2.45, 2.75) is 53.2 Å². The number of nitrogens with zero attached hydrogens (tertiary/aromatic N) is 1. The first kappa shape index (κ1) is 22.1. The van der Waals surface area contributed by atoms with Gasteiger partial charge in [0.1, 0.15) is 5.76 Å². The van der Waals surface area contributed by atoms with Crippen LogP contribution in [-0.2, 0) is 10.2 Å². The van der Waals surface area contributed by atoms with Gasteiger partial charge in [-0.25, -0.2) is 0 Å². The SMILES string of the molecule is CC(C)(Sc1cccs1)C(=O)Nc1cc(C(C)(C)C)on1.Sc1cccs1. The van der Waals surface area contributed by atoms with Crippen molar-refractivity contribution in [3.63, 3.8) is 0 Å². The monoisotopic (exact) mass is 440 g/mol. The lowest BCUT2D eigenvalue weighted by Crippen LogP contribution is -2.33. The zero-order valence-electron chi connectivity index (χ0n) is 16.0. The van der Waals surface area contributed by atoms with Crippen LogP contribution in [0.15, 0.2) is 54.0 Å². The molecule has 1 N–H and O–H groups in total. The first-order chi connectivity index (χ1) is 12.6. The Balaban J connectivity index is 0.000000369. The molecular weight excluding hydrogens is 416 g/mol. The number of rotatable bonds is 4. The number of hydrogen-bond donors (Lipinski definition) is 2. The number of thiol groups is 1. The summed E-state index contributed by atoms with van der Waals surface area (Å²) in [5, 5.41) is 10.8. The van der Waals surface area contributed by atoms with Crippen molar-refractivity contribution in [3.05, 3.63) is 46.9 Å². The van der Waals surface area contributed by atoms with Crippen LogP contribution in [0.5, 0.6) is 0 Å². The summed E-state index contributed by atoms with van der Waals surface area (Å²) in [5.74, 6) is 1.13. The number of amides is 1. The van der Waals surface area contributed by atoms with Crippen LogP contribution in [0.1, 0.15) is 40.4 Å². The van der Waals surface area contributed by atoms with Crippen LogP contribution in [0.2, 0.25) is 0 Å². The predicted octanol–water partition coefficient (Wildman–Crippen LogP) is 6.58. The van der Waals surface area contributed by atoms with Gasteiger partial charge in [0.05, 0.1) is 13.2 Å². The number of thiophene rings is 2. The van der Waals surface area contributed by atoms with Crippen molar-refractivity contribution in [3.8, 4) is 0 Å². The van der Waals surface area contributed by atoms with E-state index in [0.29, 0.717) is 5.82 Å². The van der Waals surface area contributed by atoms with E-state index in [9.17, 15) is 4.79 Å². The van der Waals surface area contributed by atoms with Crippen molar-refractivity contribution < 1.29 is 9.32 Å². The van der Waals surface area contributed by atoms with E-state index in [2.05, 4.69) is 23.1 Å². The summed E-state index contributed by atoms with van der Waals surface area (Å²) in [6.45, 7) is 9.91. The van der Waals surface area contributed by atoms with Gasteiger partial charge in [-0.2, -0.15) is 0 Å². The first-order valence-electron chi connectivity index (χ1n) is 8.31. The molecule has 3 aromatic rings. The van der Waals surface area contributed by atoms with E-state index in [1.165, 1.54) is 0 Å². The van der Waals surface area contributed by atoms with Crippen LogP contribution in [0.4, 0.5) is 5.82 Å². The number of hydrogen-bond acceptors (Lipinski definition) is 7. The highest BCUT2D eigenvalue weighted by molar-refractivity contribution is 8.03. The molecule has 0 atom stereocenters. The number of carbonyl (C=O) groups excluding carboxylic acids is 1. The molecule has 0 unspecified atom stereocenters. The zero-order valence-corrected chi connectivity index (χ0v) is 19.3. The van der Waals surface area contributed by atoms with E-state index in [-0.39, 0.29) is 11.3 Å². The Hall–Kier alpha value is -1.22. The van der Waals surface area contributed by atoms with Crippen molar-refractivity contribution in [1.29, 1.82) is 0 Å². The van der Waals surface area contributed by atoms with E-state index >= 15 is 0 Å². The van der Waals surface area contributed by atoms with E-state index in [1.54, 1.807) is 40.5 Å². The molecule has 0 bridgehead atoms. The smallest absolute Gasteiger partial charge is 0.241 e. The lowest BCUT2D eigenvalue weighted by molar-refractivity contribution is -0.117. The quantitative estimate of drug-likeness (QED) is 0.355. The summed E-state index contributed by atoms with van der Waals surface area (Å²) in [7, 11) is 0. The highest BCUT2D eigenvalue weighted by atomic mass is 32.2. The second-order valence-corrected chi connectivity index (χ2v) is 11.9. The minimum Gasteiger partial charge on any atom is -0.359 e. The molecule has 4 nitrogen and oxygen atoms in total. The third-order valence-electron chi connectivity index (χ3n) is 3.39. The van der Waals surface area contributed by atoms with Crippen molar-refractivity contribution in [2.75, 3.05) is 5.32 Å². The molecule has 0 saturated heterocycles. The maximum Gasteiger partial charge on any atom is 0.241 e. The standard InChI is InChI=1S/C15H20N2O2S2.C4H4S2/c1-14(2,3)10-9-11(17-19-10)16-13(18)15(4,5)21-12-7-6-8-20-12;5-4-2-1-3-6-4/h6-9H,1-5H3,(H,16,17,18);1-3,5H. The Morgan fingerprint density at radius 1 is 1.15 bits per heavy atom. The van der Waals surface area contributed by atoms with Gasteiger partial charge in [0.2, 0.25) is 5.91 Å². The van der Waals surface area contributed by atoms with Crippen LogP contribution in [-0.4, -0.2) is 15.8 Å². The average Bonchev–Trinajstić information content (AvgIpc) is 3.29. The Labute approximate surface area is 178 Å². The second kappa shape index (κ2) is 9.32. The van der Waals surface area contributed by atoms with Gasteiger partial charge >= 0.3 is 0 Å². The summed E-state index contributed by atoms with van der Waals surface area (Å²) >= 11 is 8.87. The van der Waals surface area contributed by atoms with Gasteiger partial charge in [-0.05, 0) is 36.7 Å². The molecule has 0 saturated carbocycles. The summed E-state index contributed by atoms with van der Waals surface area (Å²) < 4.78 is 6.90. The van der Waals surface area contributed by atoms with Gasteiger partial charge < -0.3 is 9.84 Å². The second-order valence-electron chi connectivity index (χ2n) is 7.28. The van der Waals surface area contributed by atoms with Gasteiger partial charge in [0.15, 0.2) is 5.82 Å². The molecule has 0 aliphatic carbocycles. The summed E-state index contributed by atoms with van der Waals surface area (Å²) in [6.07, 6.45) is 0. The van der Waals surface area contributed by atoms with E-state index in [1.807, 2.05) is 69.6 Å². The Morgan fingerprint density at radius 3 is 2.26 bits per heavy atom. The number of nitrogens with one attached hydrogen (secondary N) is 1. The lowest BCUT2D eigenvalue weighted by atomic mass is 9.93. The average molecular weight is 441 g/mol. The molecular formula is C19H24N2O2S4. The molecule has 3 rings (SSSR count). The maximum atomic E-state index is 12.4. The van der Waals surface area contributed by atoms with Crippen molar-refractivity contribution in [1.82, 2.24) is 5.16 Å². The third kappa shape index (κ3) is 7.03. The minimum absolute atomic E-state index is 0.0883. The molecule has 8 heteroatoms. The molecule has 0 radical (unpaired) electrons. The number of carbonyl (C=O) groups is 1. The molecule has 3 aromatic heterocycles. The van der Waals surface area contributed by atoms with Gasteiger partial charge in [0.25, 0.3) is 0 Å². The van der Waals surface area contributed by atoms with Crippen LogP contribution < -0.4 is 5.32 Å². The van der Waals surface area contributed by atoms with Crippen molar-refractivity contribution in [2.24, 2.45) is 0 Å². The number of aromatic nitrogens is 1. The summed E-state index contributed by atoms with van der Waals surface area (Å²) in [4.78, 5) is 12.4. The van der Waals surface area contributed by atoms with Gasteiger partial charge in [0, 0.05) is 11.5 Å². The minimum atomic E-state index is -0.578. The van der Waals surface area contributed by atoms with Crippen LogP contribution >= 0.6 is 47.1 Å². The molecule has 0 aliphatic rings. The number of thioether (sulfide) groups is 1. The first-order valence-corrected chi connectivity index (χ1v) is 11.3. The largest absolute Gasteiger partial charge is 0.359 e. The molecule has 27 heavy (non-hydrogen) atoms. The normalized spacial score (nSPS) is 11.6. The van der Waals surface area contributed by atoms with Gasteiger partial charge in [-0.1, -0.05) is 49.8 Å². The molecule has 0 aromatic carbocycles. The van der Waals surface area contributed by atoms with Crippen LogP contribution in [0.25, 0.3) is 0 Å². The van der Waals surface area contributed by atoms with Crippen molar-refractivity contribution >= 4 is 58.8 Å². The summed E-state index contributed by atoms with van der Waals surface area (Å²) in [6, 6.07) is 9.72. The van der Waals surface area contributed by atoms with E-state index in [0.717, 1.165) is 14.2 Å². The van der Waals surface area contributed by atoms with E-state index < -0.39 is 4.75 Å². The lowest BCUT2D eigenvalue weighted by Gasteiger charge is -2.21. The zero-order chi connectivity index (χ0) is 20.1. The molecule has 1 amide bonds. The molecule has 0 fully saturated rings. The van der Waals surface area contributed by atoms with Gasteiger partial charge in [-0.3, -0.25) is 4.79 Å². The number of anilines is 1. The Bertz CT molecular complexity index is 832. The predicted molar refractivity (Wildman–Crippen MR) is 120 cm³/mol. The molecule has 146 valence electrons. The fourth-order valence-electron chi connectivity index (χ4n) is 1.84. The maximum absolute atomic E-state index is 12.4. The topological polar surface area (TPSA) is 55.1 Å². The fourth-order valence-corrected chi connectivity index (χ4v) is 4.79. The highest BCUT2D eigenvalue weighted by Gasteiger charge is 2.30.